The highest BCUT2D eigenvalue weighted by Crippen LogP contribution is 2.25. The molecule has 24 heavy (non-hydrogen) atoms. The first-order valence-electron chi connectivity index (χ1n) is 8.15. The molecular weight excluding hydrogens is 330 g/mol. The molecule has 1 amide bonds. The topological polar surface area (TPSA) is 101 Å². The van der Waals surface area contributed by atoms with E-state index < -0.39 is 15.8 Å². The summed E-state index contributed by atoms with van der Waals surface area (Å²) in [4.78, 5) is 23.2. The minimum atomic E-state index is -3.20. The monoisotopic (exact) mass is 353 g/mol. The highest BCUT2D eigenvalue weighted by Gasteiger charge is 2.30. The van der Waals surface area contributed by atoms with Crippen LogP contribution < -0.4 is 5.32 Å². The van der Waals surface area contributed by atoms with Crippen LogP contribution in [0.4, 0.5) is 0 Å². The van der Waals surface area contributed by atoms with Crippen LogP contribution in [0.2, 0.25) is 0 Å². The minimum Gasteiger partial charge on any atom is -0.481 e. The molecule has 1 aliphatic carbocycles. The van der Waals surface area contributed by atoms with Gasteiger partial charge in [0.1, 0.15) is 0 Å². The molecule has 0 aliphatic heterocycles. The van der Waals surface area contributed by atoms with Crippen molar-refractivity contribution in [3.8, 4) is 0 Å². The lowest BCUT2D eigenvalue weighted by Crippen LogP contribution is -2.33. The second-order valence-electron chi connectivity index (χ2n) is 6.16. The van der Waals surface area contributed by atoms with E-state index in [9.17, 15) is 18.0 Å². The van der Waals surface area contributed by atoms with Crippen LogP contribution in [-0.4, -0.2) is 37.2 Å². The zero-order chi connectivity index (χ0) is 17.7. The predicted molar refractivity (Wildman–Crippen MR) is 89.4 cm³/mol. The van der Waals surface area contributed by atoms with Crippen LogP contribution in [0.1, 0.15) is 38.2 Å². The maximum absolute atomic E-state index is 12.0. The number of carbonyl (C=O) groups excluding carboxylic acids is 1. The number of hydrogen-bond donors (Lipinski definition) is 2. The molecule has 0 bridgehead atoms. The van der Waals surface area contributed by atoms with Crippen LogP contribution in [0, 0.1) is 5.92 Å². The van der Waals surface area contributed by atoms with E-state index in [4.69, 9.17) is 5.11 Å². The fraction of sp³-hybridized carbons (Fsp3) is 0.529. The highest BCUT2D eigenvalue weighted by molar-refractivity contribution is 7.91. The number of rotatable bonds is 7. The molecule has 7 heteroatoms. The molecule has 1 aromatic rings. The number of amides is 1. The smallest absolute Gasteiger partial charge is 0.306 e. The van der Waals surface area contributed by atoms with Gasteiger partial charge < -0.3 is 10.4 Å². The summed E-state index contributed by atoms with van der Waals surface area (Å²) in [5.41, 5.74) is 0.898. The molecule has 1 aromatic carbocycles. The number of carboxylic acid groups (broad SMARTS) is 1. The lowest BCUT2D eigenvalue weighted by atomic mass is 10.1. The molecule has 1 saturated carbocycles. The van der Waals surface area contributed by atoms with Gasteiger partial charge in [0.2, 0.25) is 5.91 Å². The van der Waals surface area contributed by atoms with Gasteiger partial charge in [0.05, 0.1) is 16.6 Å². The third-order valence-electron chi connectivity index (χ3n) is 4.45. The van der Waals surface area contributed by atoms with Gasteiger partial charge >= 0.3 is 5.97 Å². The maximum atomic E-state index is 12.0. The molecule has 0 radical (unpaired) electrons. The summed E-state index contributed by atoms with van der Waals surface area (Å²) in [6.45, 7) is 1.60. The number of nitrogens with one attached hydrogen (secondary N) is 1. The Labute approximate surface area is 142 Å². The summed E-state index contributed by atoms with van der Waals surface area (Å²) in [5, 5.41) is 11.8. The number of aryl methyl sites for hydroxylation is 1. The van der Waals surface area contributed by atoms with Crippen LogP contribution in [0.3, 0.4) is 0 Å². The number of aliphatic carboxylic acids is 1. The van der Waals surface area contributed by atoms with Crippen molar-refractivity contribution in [1.29, 1.82) is 0 Å². The molecule has 1 aliphatic rings. The van der Waals surface area contributed by atoms with Gasteiger partial charge in [0, 0.05) is 12.5 Å². The minimum absolute atomic E-state index is 0.0596. The summed E-state index contributed by atoms with van der Waals surface area (Å²) in [5.74, 6) is -1.19. The maximum Gasteiger partial charge on any atom is 0.306 e. The van der Waals surface area contributed by atoms with Crippen molar-refractivity contribution >= 4 is 21.7 Å². The molecule has 2 N–H and O–H groups in total. The normalized spacial score (nSPS) is 20.7. The van der Waals surface area contributed by atoms with E-state index >= 15 is 0 Å². The molecular formula is C17H23NO5S. The number of sulfone groups is 1. The summed E-state index contributed by atoms with van der Waals surface area (Å²) in [7, 11) is -3.20. The van der Waals surface area contributed by atoms with E-state index in [1.807, 2.05) is 0 Å². The van der Waals surface area contributed by atoms with Crippen LogP contribution in [0.25, 0.3) is 0 Å². The fourth-order valence-electron chi connectivity index (χ4n) is 2.92. The van der Waals surface area contributed by atoms with Crippen molar-refractivity contribution in [3.05, 3.63) is 29.8 Å². The van der Waals surface area contributed by atoms with Crippen molar-refractivity contribution in [2.75, 3.05) is 5.75 Å². The molecule has 2 atom stereocenters. The van der Waals surface area contributed by atoms with Gasteiger partial charge in [-0.3, -0.25) is 9.59 Å². The zero-order valence-electron chi connectivity index (χ0n) is 13.7. The Bertz CT molecular complexity index is 696. The number of carboxylic acids is 1. The Kier molecular flexibility index (Phi) is 5.99. The summed E-state index contributed by atoms with van der Waals surface area (Å²) >= 11 is 0. The first kappa shape index (κ1) is 18.4. The largest absolute Gasteiger partial charge is 0.481 e. The van der Waals surface area contributed by atoms with Crippen LogP contribution >= 0.6 is 0 Å². The van der Waals surface area contributed by atoms with E-state index in [0.717, 1.165) is 5.56 Å². The first-order chi connectivity index (χ1) is 11.3. The average molecular weight is 353 g/mol. The Balaban J connectivity index is 1.81. The molecule has 0 saturated heterocycles. The summed E-state index contributed by atoms with van der Waals surface area (Å²) in [6.07, 6.45) is 2.62. The lowest BCUT2D eigenvalue weighted by molar-refractivity contribution is -0.141. The van der Waals surface area contributed by atoms with Crippen molar-refractivity contribution in [3.63, 3.8) is 0 Å². The van der Waals surface area contributed by atoms with Gasteiger partial charge in [-0.2, -0.15) is 0 Å². The average Bonchev–Trinajstić information content (AvgIpc) is 3.02. The van der Waals surface area contributed by atoms with Crippen molar-refractivity contribution < 1.29 is 23.1 Å². The van der Waals surface area contributed by atoms with Gasteiger partial charge in [-0.05, 0) is 43.4 Å². The fourth-order valence-corrected chi connectivity index (χ4v) is 3.81. The van der Waals surface area contributed by atoms with Crippen LogP contribution in [-0.2, 0) is 25.8 Å². The van der Waals surface area contributed by atoms with Crippen molar-refractivity contribution in [1.82, 2.24) is 5.32 Å². The molecule has 0 unspecified atom stereocenters. The van der Waals surface area contributed by atoms with Gasteiger partial charge in [0.25, 0.3) is 0 Å². The van der Waals surface area contributed by atoms with Gasteiger partial charge in [0.15, 0.2) is 9.84 Å². The van der Waals surface area contributed by atoms with E-state index in [1.165, 1.54) is 0 Å². The zero-order valence-corrected chi connectivity index (χ0v) is 14.5. The summed E-state index contributed by atoms with van der Waals surface area (Å²) in [6, 6.07) is 6.54. The van der Waals surface area contributed by atoms with Crippen LogP contribution in [0.15, 0.2) is 29.2 Å². The molecule has 1 fully saturated rings. The van der Waals surface area contributed by atoms with E-state index in [0.29, 0.717) is 37.0 Å². The van der Waals surface area contributed by atoms with Crippen LogP contribution in [0.5, 0.6) is 0 Å². The number of carbonyl (C=O) groups is 2. The predicted octanol–water partition coefficient (Wildman–Crippen LogP) is 1.78. The molecule has 132 valence electrons. The van der Waals surface area contributed by atoms with Crippen molar-refractivity contribution in [2.24, 2.45) is 5.92 Å². The quantitative estimate of drug-likeness (QED) is 0.778. The Morgan fingerprint density at radius 2 is 1.88 bits per heavy atom. The second-order valence-corrected chi connectivity index (χ2v) is 8.44. The Morgan fingerprint density at radius 3 is 2.42 bits per heavy atom. The standard InChI is InChI=1S/C17H23NO5S/c1-2-24(22,23)15-8-3-12(4-9-15)5-10-16(19)18-14-7-6-13(11-14)17(20)21/h3-4,8-9,13-14H,2,5-7,10-11H2,1H3,(H,18,19)(H,20,21)/t13-,14+/m1/s1. The second kappa shape index (κ2) is 7.79. The molecule has 0 heterocycles. The Morgan fingerprint density at radius 1 is 1.21 bits per heavy atom. The molecule has 2 rings (SSSR count). The van der Waals surface area contributed by atoms with E-state index in [1.54, 1.807) is 31.2 Å². The number of hydrogen-bond acceptors (Lipinski definition) is 4. The molecule has 0 spiro atoms. The van der Waals surface area contributed by atoms with Gasteiger partial charge in [-0.15, -0.1) is 0 Å². The van der Waals surface area contributed by atoms with Crippen molar-refractivity contribution in [2.45, 2.75) is 50.0 Å². The van der Waals surface area contributed by atoms with E-state index in [2.05, 4.69) is 5.32 Å². The van der Waals surface area contributed by atoms with E-state index in [-0.39, 0.29) is 23.6 Å². The number of benzene rings is 1. The SMILES string of the molecule is CCS(=O)(=O)c1ccc(CCC(=O)N[C@H]2CC[C@@H](C(=O)O)C2)cc1. The first-order valence-corrected chi connectivity index (χ1v) is 9.81. The molecule has 6 nitrogen and oxygen atoms in total. The highest BCUT2D eigenvalue weighted by atomic mass is 32.2. The third-order valence-corrected chi connectivity index (χ3v) is 6.20. The third kappa shape index (κ3) is 4.80. The molecule has 0 aromatic heterocycles. The van der Waals surface area contributed by atoms with Gasteiger partial charge in [-0.1, -0.05) is 19.1 Å². The Hall–Kier alpha value is -1.89. The van der Waals surface area contributed by atoms with Gasteiger partial charge in [-0.25, -0.2) is 8.42 Å². The summed E-state index contributed by atoms with van der Waals surface area (Å²) < 4.78 is 23.5. The lowest BCUT2D eigenvalue weighted by Gasteiger charge is -2.12.